The lowest BCUT2D eigenvalue weighted by atomic mass is 10.0. The molecule has 0 bridgehead atoms. The standard InChI is InChI=1S/C12H14BrNO4S/c1-2-14(8-6-18-5-7(8)12(16)17)11(15)9-3-4-10(13)19-9/h3-4,7-8H,2,5-6H2,1H3,(H,16,17). The molecule has 1 saturated heterocycles. The van der Waals surface area contributed by atoms with E-state index in [1.54, 1.807) is 11.0 Å². The molecule has 2 rings (SSSR count). The summed E-state index contributed by atoms with van der Waals surface area (Å²) in [6.07, 6.45) is 0. The fourth-order valence-electron chi connectivity index (χ4n) is 2.19. The minimum absolute atomic E-state index is 0.139. The third-order valence-electron chi connectivity index (χ3n) is 3.15. The number of amides is 1. The first-order valence-corrected chi connectivity index (χ1v) is 7.52. The first kappa shape index (κ1) is 14.5. The number of nitrogens with zero attached hydrogens (tertiary/aromatic N) is 1. The van der Waals surface area contributed by atoms with Gasteiger partial charge in [0.1, 0.15) is 5.92 Å². The van der Waals surface area contributed by atoms with Gasteiger partial charge in [-0.3, -0.25) is 9.59 Å². The van der Waals surface area contributed by atoms with Crippen molar-refractivity contribution in [2.45, 2.75) is 13.0 Å². The Balaban J connectivity index is 2.20. The zero-order valence-electron chi connectivity index (χ0n) is 10.3. The van der Waals surface area contributed by atoms with Crippen molar-refractivity contribution < 1.29 is 19.4 Å². The first-order chi connectivity index (χ1) is 9.04. The Morgan fingerprint density at radius 2 is 2.26 bits per heavy atom. The van der Waals surface area contributed by atoms with E-state index in [-0.39, 0.29) is 19.1 Å². The van der Waals surface area contributed by atoms with Crippen LogP contribution in [0.1, 0.15) is 16.6 Å². The number of rotatable bonds is 4. The Morgan fingerprint density at radius 1 is 1.53 bits per heavy atom. The van der Waals surface area contributed by atoms with Crippen molar-refractivity contribution in [3.8, 4) is 0 Å². The summed E-state index contributed by atoms with van der Waals surface area (Å²) >= 11 is 4.66. The Hall–Kier alpha value is -0.920. The van der Waals surface area contributed by atoms with Crippen LogP contribution in [0.5, 0.6) is 0 Å². The average molecular weight is 348 g/mol. The van der Waals surface area contributed by atoms with Gasteiger partial charge in [0.05, 0.1) is 27.9 Å². The van der Waals surface area contributed by atoms with Gasteiger partial charge in [-0.15, -0.1) is 11.3 Å². The van der Waals surface area contributed by atoms with Gasteiger partial charge in [0.25, 0.3) is 5.91 Å². The fourth-order valence-corrected chi connectivity index (χ4v) is 3.53. The fraction of sp³-hybridized carbons (Fsp3) is 0.500. The minimum atomic E-state index is -0.916. The third kappa shape index (κ3) is 2.98. The summed E-state index contributed by atoms with van der Waals surface area (Å²) in [6, 6.07) is 3.16. The van der Waals surface area contributed by atoms with Crippen LogP contribution in [0, 0.1) is 5.92 Å². The van der Waals surface area contributed by atoms with Crippen LogP contribution in [-0.4, -0.2) is 47.7 Å². The second-order valence-electron chi connectivity index (χ2n) is 4.24. The number of likely N-dealkylation sites (N-methyl/N-ethyl adjacent to an activating group) is 1. The van der Waals surface area contributed by atoms with E-state index >= 15 is 0 Å². The van der Waals surface area contributed by atoms with Gasteiger partial charge in [0.2, 0.25) is 0 Å². The number of carbonyl (C=O) groups excluding carboxylic acids is 1. The number of halogens is 1. The van der Waals surface area contributed by atoms with Crippen molar-refractivity contribution in [1.29, 1.82) is 0 Å². The molecule has 104 valence electrons. The first-order valence-electron chi connectivity index (χ1n) is 5.91. The Labute approximate surface area is 123 Å². The number of aliphatic carboxylic acids is 1. The van der Waals surface area contributed by atoms with E-state index in [2.05, 4.69) is 15.9 Å². The molecule has 2 unspecified atom stereocenters. The quantitative estimate of drug-likeness (QED) is 0.905. The van der Waals surface area contributed by atoms with E-state index in [0.717, 1.165) is 3.79 Å². The van der Waals surface area contributed by atoms with Crippen molar-refractivity contribution in [3.63, 3.8) is 0 Å². The lowest BCUT2D eigenvalue weighted by molar-refractivity contribution is -0.142. The molecular formula is C12H14BrNO4S. The molecule has 1 aliphatic heterocycles. The minimum Gasteiger partial charge on any atom is -0.481 e. The van der Waals surface area contributed by atoms with E-state index in [1.165, 1.54) is 11.3 Å². The molecular weight excluding hydrogens is 334 g/mol. The van der Waals surface area contributed by atoms with E-state index in [1.807, 2.05) is 13.0 Å². The molecule has 0 aliphatic carbocycles. The molecule has 2 heterocycles. The van der Waals surface area contributed by atoms with Crippen molar-refractivity contribution >= 4 is 39.1 Å². The highest BCUT2D eigenvalue weighted by molar-refractivity contribution is 9.11. The van der Waals surface area contributed by atoms with Gasteiger partial charge in [-0.05, 0) is 35.0 Å². The molecule has 7 heteroatoms. The van der Waals surface area contributed by atoms with E-state index in [0.29, 0.717) is 11.4 Å². The summed E-state index contributed by atoms with van der Waals surface area (Å²) in [5.41, 5.74) is 0. The zero-order chi connectivity index (χ0) is 14.0. The summed E-state index contributed by atoms with van der Waals surface area (Å²) < 4.78 is 6.10. The highest BCUT2D eigenvalue weighted by atomic mass is 79.9. The molecule has 5 nitrogen and oxygen atoms in total. The molecule has 1 fully saturated rings. The number of carboxylic acid groups (broad SMARTS) is 1. The summed E-state index contributed by atoms with van der Waals surface area (Å²) in [5.74, 6) is -1.70. The molecule has 1 amide bonds. The van der Waals surface area contributed by atoms with Crippen LogP contribution in [-0.2, 0) is 9.53 Å². The van der Waals surface area contributed by atoms with Gasteiger partial charge in [0, 0.05) is 6.54 Å². The second kappa shape index (κ2) is 6.02. The van der Waals surface area contributed by atoms with Crippen LogP contribution in [0.4, 0.5) is 0 Å². The van der Waals surface area contributed by atoms with Crippen LogP contribution in [0.15, 0.2) is 15.9 Å². The molecule has 1 aliphatic rings. The van der Waals surface area contributed by atoms with Gasteiger partial charge < -0.3 is 14.7 Å². The van der Waals surface area contributed by atoms with Gasteiger partial charge in [-0.2, -0.15) is 0 Å². The van der Waals surface area contributed by atoms with Gasteiger partial charge >= 0.3 is 5.97 Å². The Morgan fingerprint density at radius 3 is 2.79 bits per heavy atom. The molecule has 0 aromatic carbocycles. The molecule has 0 spiro atoms. The maximum atomic E-state index is 12.4. The Bertz CT molecular complexity index is 490. The monoisotopic (exact) mass is 347 g/mol. The topological polar surface area (TPSA) is 66.8 Å². The SMILES string of the molecule is CCN(C(=O)c1ccc(Br)s1)C1COCC1C(=O)O. The molecule has 0 saturated carbocycles. The highest BCUT2D eigenvalue weighted by Gasteiger charge is 2.39. The zero-order valence-corrected chi connectivity index (χ0v) is 12.7. The predicted octanol–water partition coefficient (Wildman–Crippen LogP) is 2.07. The van der Waals surface area contributed by atoms with Gasteiger partial charge in [-0.25, -0.2) is 0 Å². The van der Waals surface area contributed by atoms with E-state index in [9.17, 15) is 9.59 Å². The van der Waals surface area contributed by atoms with E-state index in [4.69, 9.17) is 9.84 Å². The van der Waals surface area contributed by atoms with Crippen molar-refractivity contribution in [2.75, 3.05) is 19.8 Å². The second-order valence-corrected chi connectivity index (χ2v) is 6.71. The van der Waals surface area contributed by atoms with Crippen LogP contribution < -0.4 is 0 Å². The van der Waals surface area contributed by atoms with Crippen LogP contribution in [0.25, 0.3) is 0 Å². The third-order valence-corrected chi connectivity index (χ3v) is 4.77. The molecule has 1 aromatic heterocycles. The van der Waals surface area contributed by atoms with Gasteiger partial charge in [-0.1, -0.05) is 0 Å². The number of carboxylic acids is 1. The largest absolute Gasteiger partial charge is 0.481 e. The predicted molar refractivity (Wildman–Crippen MR) is 74.5 cm³/mol. The van der Waals surface area contributed by atoms with Crippen molar-refractivity contribution in [2.24, 2.45) is 5.92 Å². The number of ether oxygens (including phenoxy) is 1. The van der Waals surface area contributed by atoms with Crippen molar-refractivity contribution in [3.05, 3.63) is 20.8 Å². The molecule has 19 heavy (non-hydrogen) atoms. The molecule has 1 N–H and O–H groups in total. The normalized spacial score (nSPS) is 22.4. The van der Waals surface area contributed by atoms with E-state index < -0.39 is 17.9 Å². The lowest BCUT2D eigenvalue weighted by Crippen LogP contribution is -2.46. The van der Waals surface area contributed by atoms with Crippen LogP contribution in [0.2, 0.25) is 0 Å². The molecule has 2 atom stereocenters. The summed E-state index contributed by atoms with van der Waals surface area (Å²) in [5, 5.41) is 9.16. The number of carbonyl (C=O) groups is 2. The Kier molecular flexibility index (Phi) is 4.59. The summed E-state index contributed by atoms with van der Waals surface area (Å²) in [7, 11) is 0. The summed E-state index contributed by atoms with van der Waals surface area (Å²) in [4.78, 5) is 25.8. The lowest BCUT2D eigenvalue weighted by Gasteiger charge is -2.28. The number of hydrogen-bond donors (Lipinski definition) is 1. The summed E-state index contributed by atoms with van der Waals surface area (Å²) in [6.45, 7) is 2.75. The smallest absolute Gasteiger partial charge is 0.311 e. The van der Waals surface area contributed by atoms with Gasteiger partial charge in [0.15, 0.2) is 0 Å². The maximum Gasteiger partial charge on any atom is 0.311 e. The average Bonchev–Trinajstić information content (AvgIpc) is 2.98. The number of thiophene rings is 1. The molecule has 0 radical (unpaired) electrons. The number of hydrogen-bond acceptors (Lipinski definition) is 4. The van der Waals surface area contributed by atoms with Crippen molar-refractivity contribution in [1.82, 2.24) is 4.90 Å². The highest BCUT2D eigenvalue weighted by Crippen LogP contribution is 2.26. The van der Waals surface area contributed by atoms with Crippen LogP contribution in [0.3, 0.4) is 0 Å². The maximum absolute atomic E-state index is 12.4. The molecule has 1 aromatic rings. The van der Waals surface area contributed by atoms with Crippen LogP contribution >= 0.6 is 27.3 Å².